The van der Waals surface area contributed by atoms with Gasteiger partial charge in [-0.25, -0.2) is 4.98 Å². The molecule has 1 atom stereocenters. The van der Waals surface area contributed by atoms with E-state index in [-0.39, 0.29) is 6.29 Å². The van der Waals surface area contributed by atoms with Crippen LogP contribution in [0.15, 0.2) is 18.3 Å². The SMILES string of the molecule is N#CNC1Nc2cccnc2N1C1CCN(C2CCCCCCC2)CC1. The maximum Gasteiger partial charge on any atom is 0.186 e. The van der Waals surface area contributed by atoms with E-state index in [0.717, 1.165) is 43.5 Å². The Morgan fingerprint density at radius 2 is 1.77 bits per heavy atom. The molecule has 2 N–H and O–H groups in total. The van der Waals surface area contributed by atoms with Gasteiger partial charge < -0.3 is 15.1 Å². The molecule has 2 aliphatic heterocycles. The number of likely N-dealkylation sites (tertiary alicyclic amines) is 1. The van der Waals surface area contributed by atoms with Gasteiger partial charge in [0.1, 0.15) is 0 Å². The average molecular weight is 355 g/mol. The van der Waals surface area contributed by atoms with Crippen molar-refractivity contribution in [2.45, 2.75) is 76.2 Å². The van der Waals surface area contributed by atoms with E-state index in [1.807, 2.05) is 18.3 Å². The Bertz CT molecular complexity index is 625. The lowest BCUT2D eigenvalue weighted by molar-refractivity contribution is 0.127. The minimum absolute atomic E-state index is 0.178. The smallest absolute Gasteiger partial charge is 0.186 e. The molecule has 0 amide bonds. The van der Waals surface area contributed by atoms with Gasteiger partial charge >= 0.3 is 0 Å². The number of hydrogen-bond donors (Lipinski definition) is 2. The first-order chi connectivity index (χ1) is 12.9. The molecule has 2 fully saturated rings. The van der Waals surface area contributed by atoms with Gasteiger partial charge in [-0.3, -0.25) is 5.32 Å². The highest BCUT2D eigenvalue weighted by Gasteiger charge is 2.37. The molecule has 1 aromatic rings. The minimum Gasteiger partial charge on any atom is -0.345 e. The zero-order valence-electron chi connectivity index (χ0n) is 15.5. The summed E-state index contributed by atoms with van der Waals surface area (Å²) in [6.07, 6.45) is 15.8. The molecule has 6 nitrogen and oxygen atoms in total. The van der Waals surface area contributed by atoms with Crippen molar-refractivity contribution < 1.29 is 0 Å². The second-order valence-corrected chi connectivity index (χ2v) is 7.85. The predicted octanol–water partition coefficient (Wildman–Crippen LogP) is 3.25. The van der Waals surface area contributed by atoms with Crippen LogP contribution in [0, 0.1) is 11.5 Å². The third kappa shape index (κ3) is 3.59. The van der Waals surface area contributed by atoms with E-state index in [1.54, 1.807) is 0 Å². The maximum absolute atomic E-state index is 9.13. The van der Waals surface area contributed by atoms with E-state index in [9.17, 15) is 0 Å². The largest absolute Gasteiger partial charge is 0.345 e. The molecule has 0 aromatic carbocycles. The summed E-state index contributed by atoms with van der Waals surface area (Å²) in [5.74, 6) is 0.977. The van der Waals surface area contributed by atoms with Crippen molar-refractivity contribution in [2.24, 2.45) is 0 Å². The second-order valence-electron chi connectivity index (χ2n) is 7.85. The highest BCUT2D eigenvalue weighted by atomic mass is 15.5. The van der Waals surface area contributed by atoms with Gasteiger partial charge in [0.2, 0.25) is 0 Å². The number of aromatic nitrogens is 1. The number of nitrogens with zero attached hydrogens (tertiary/aromatic N) is 4. The molecule has 0 radical (unpaired) electrons. The van der Waals surface area contributed by atoms with E-state index in [0.29, 0.717) is 6.04 Å². The first-order valence-corrected chi connectivity index (χ1v) is 10.3. The van der Waals surface area contributed by atoms with Crippen molar-refractivity contribution in [3.8, 4) is 6.19 Å². The van der Waals surface area contributed by atoms with Crippen LogP contribution in [0.1, 0.15) is 57.8 Å². The lowest BCUT2D eigenvalue weighted by atomic mass is 9.93. The average Bonchev–Trinajstić information content (AvgIpc) is 3.00. The number of hydrogen-bond acceptors (Lipinski definition) is 6. The lowest BCUT2D eigenvalue weighted by Crippen LogP contribution is -2.54. The molecule has 3 heterocycles. The van der Waals surface area contributed by atoms with Crippen LogP contribution < -0.4 is 15.5 Å². The van der Waals surface area contributed by atoms with Crippen LogP contribution in [0.3, 0.4) is 0 Å². The maximum atomic E-state index is 9.13. The summed E-state index contributed by atoms with van der Waals surface area (Å²) in [6.45, 7) is 2.32. The van der Waals surface area contributed by atoms with Crippen molar-refractivity contribution in [3.05, 3.63) is 18.3 Å². The molecule has 0 spiro atoms. The van der Waals surface area contributed by atoms with E-state index in [4.69, 9.17) is 5.26 Å². The quantitative estimate of drug-likeness (QED) is 0.642. The molecule has 1 saturated carbocycles. The summed E-state index contributed by atoms with van der Waals surface area (Å²) in [7, 11) is 0. The second kappa shape index (κ2) is 8.13. The van der Waals surface area contributed by atoms with Gasteiger partial charge in [-0.1, -0.05) is 32.1 Å². The Kier molecular flexibility index (Phi) is 5.45. The van der Waals surface area contributed by atoms with Crippen LogP contribution in [-0.4, -0.2) is 41.3 Å². The van der Waals surface area contributed by atoms with Gasteiger partial charge in [-0.05, 0) is 37.8 Å². The van der Waals surface area contributed by atoms with Crippen LogP contribution >= 0.6 is 0 Å². The zero-order chi connectivity index (χ0) is 17.8. The summed E-state index contributed by atoms with van der Waals surface area (Å²) < 4.78 is 0. The Morgan fingerprint density at radius 1 is 1.04 bits per heavy atom. The van der Waals surface area contributed by atoms with Gasteiger partial charge in [-0.15, -0.1) is 0 Å². The van der Waals surface area contributed by atoms with Crippen LogP contribution in [-0.2, 0) is 0 Å². The number of rotatable bonds is 3. The molecule has 1 aliphatic carbocycles. The van der Waals surface area contributed by atoms with E-state index in [1.165, 1.54) is 44.9 Å². The summed E-state index contributed by atoms with van der Waals surface area (Å²) in [4.78, 5) is 9.60. The van der Waals surface area contributed by atoms with Crippen molar-refractivity contribution >= 4 is 11.5 Å². The fourth-order valence-corrected chi connectivity index (χ4v) is 4.93. The fraction of sp³-hybridized carbons (Fsp3) is 0.700. The molecule has 140 valence electrons. The van der Waals surface area contributed by atoms with Crippen molar-refractivity contribution in [3.63, 3.8) is 0 Å². The van der Waals surface area contributed by atoms with Crippen LogP contribution in [0.5, 0.6) is 0 Å². The molecule has 1 unspecified atom stereocenters. The molecule has 1 saturated heterocycles. The predicted molar refractivity (Wildman–Crippen MR) is 104 cm³/mol. The first-order valence-electron chi connectivity index (χ1n) is 10.3. The summed E-state index contributed by atoms with van der Waals surface area (Å²) in [5, 5.41) is 15.4. The topological polar surface area (TPSA) is 67.2 Å². The summed E-state index contributed by atoms with van der Waals surface area (Å²) in [5.41, 5.74) is 1.02. The van der Waals surface area contributed by atoms with Gasteiger partial charge in [0.15, 0.2) is 18.3 Å². The number of piperidine rings is 1. The molecule has 26 heavy (non-hydrogen) atoms. The van der Waals surface area contributed by atoms with Gasteiger partial charge in [0, 0.05) is 31.4 Å². The van der Waals surface area contributed by atoms with Crippen LogP contribution in [0.4, 0.5) is 11.5 Å². The number of nitriles is 1. The van der Waals surface area contributed by atoms with Crippen LogP contribution in [0.25, 0.3) is 0 Å². The Labute approximate surface area is 156 Å². The molecule has 4 rings (SSSR count). The van der Waals surface area contributed by atoms with Gasteiger partial charge in [-0.2, -0.15) is 5.26 Å². The third-order valence-electron chi connectivity index (χ3n) is 6.29. The molecule has 1 aromatic heterocycles. The molecule has 3 aliphatic rings. The summed E-state index contributed by atoms with van der Waals surface area (Å²) >= 11 is 0. The first kappa shape index (κ1) is 17.4. The number of nitrogens with one attached hydrogen (secondary N) is 2. The van der Waals surface area contributed by atoms with E-state index in [2.05, 4.69) is 31.6 Å². The number of anilines is 2. The fourth-order valence-electron chi connectivity index (χ4n) is 4.93. The van der Waals surface area contributed by atoms with E-state index < -0.39 is 0 Å². The van der Waals surface area contributed by atoms with E-state index >= 15 is 0 Å². The Morgan fingerprint density at radius 3 is 2.50 bits per heavy atom. The van der Waals surface area contributed by atoms with Gasteiger partial charge in [0.05, 0.1) is 5.69 Å². The molecular formula is C20H30N6. The van der Waals surface area contributed by atoms with Crippen molar-refractivity contribution in [2.75, 3.05) is 23.3 Å². The number of fused-ring (bicyclic) bond motifs is 1. The lowest BCUT2D eigenvalue weighted by Gasteiger charge is -2.42. The highest BCUT2D eigenvalue weighted by Crippen LogP contribution is 2.36. The monoisotopic (exact) mass is 354 g/mol. The molecular weight excluding hydrogens is 324 g/mol. The van der Waals surface area contributed by atoms with Crippen molar-refractivity contribution in [1.29, 1.82) is 5.26 Å². The Balaban J connectivity index is 1.41. The standard InChI is InChI=1S/C20H30N6/c21-15-23-20-24-18-9-6-12-22-19(18)26(20)17-10-13-25(14-11-17)16-7-4-2-1-3-5-8-16/h6,9,12,16-17,20,23-24H,1-5,7-8,10-11,13-14H2. The third-order valence-corrected chi connectivity index (χ3v) is 6.29. The highest BCUT2D eigenvalue weighted by molar-refractivity contribution is 5.72. The molecule has 0 bridgehead atoms. The van der Waals surface area contributed by atoms with Crippen molar-refractivity contribution in [1.82, 2.24) is 15.2 Å². The molecule has 6 heteroatoms. The summed E-state index contributed by atoms with van der Waals surface area (Å²) in [6, 6.07) is 5.19. The zero-order valence-corrected chi connectivity index (χ0v) is 15.5. The van der Waals surface area contributed by atoms with Gasteiger partial charge in [0.25, 0.3) is 0 Å². The Hall–Kier alpha value is -2.00. The minimum atomic E-state index is -0.178. The number of pyridine rings is 1. The normalized spacial score (nSPS) is 25.7. The van der Waals surface area contributed by atoms with Crippen LogP contribution in [0.2, 0.25) is 0 Å².